The Bertz CT molecular complexity index is 680. The summed E-state index contributed by atoms with van der Waals surface area (Å²) in [6, 6.07) is 12.0. The summed E-state index contributed by atoms with van der Waals surface area (Å²) in [7, 11) is 1.60. The van der Waals surface area contributed by atoms with Gasteiger partial charge in [-0.2, -0.15) is 0 Å². The molecule has 2 N–H and O–H groups in total. The molecule has 0 spiro atoms. The number of aliphatic hydroxyl groups excluding tert-OH is 1. The number of rotatable bonds is 11. The molecule has 0 atom stereocenters. The minimum atomic E-state index is 0. The molecule has 5 nitrogen and oxygen atoms in total. The van der Waals surface area contributed by atoms with E-state index in [-0.39, 0.29) is 19.0 Å². The van der Waals surface area contributed by atoms with Gasteiger partial charge in [-0.05, 0) is 30.2 Å². The summed E-state index contributed by atoms with van der Waals surface area (Å²) in [6.45, 7) is 4.74. The van der Waals surface area contributed by atoms with Crippen LogP contribution in [0.1, 0.15) is 16.7 Å². The van der Waals surface area contributed by atoms with Crippen LogP contribution in [0.2, 0.25) is 5.02 Å². The summed E-state index contributed by atoms with van der Waals surface area (Å²) in [6.07, 6.45) is 0. The fourth-order valence-electron chi connectivity index (χ4n) is 2.40. The van der Waals surface area contributed by atoms with Crippen molar-refractivity contribution < 1.29 is 19.3 Å². The van der Waals surface area contributed by atoms with Crippen LogP contribution in [-0.4, -0.2) is 38.6 Å². The molecule has 0 bridgehead atoms. The lowest BCUT2D eigenvalue weighted by molar-refractivity contribution is 0.0938. The zero-order valence-electron chi connectivity index (χ0n) is 15.7. The van der Waals surface area contributed by atoms with E-state index in [0.29, 0.717) is 49.4 Å². The van der Waals surface area contributed by atoms with E-state index < -0.39 is 0 Å². The summed E-state index contributed by atoms with van der Waals surface area (Å²) in [4.78, 5) is 0. The third-order valence-electron chi connectivity index (χ3n) is 3.78. The third-order valence-corrected chi connectivity index (χ3v) is 4.06. The van der Waals surface area contributed by atoms with Crippen molar-refractivity contribution >= 4 is 24.0 Å². The van der Waals surface area contributed by atoms with Crippen molar-refractivity contribution in [3.05, 3.63) is 58.1 Å². The van der Waals surface area contributed by atoms with E-state index >= 15 is 0 Å². The second kappa shape index (κ2) is 12.8. The molecule has 27 heavy (non-hydrogen) atoms. The molecule has 2 rings (SSSR count). The van der Waals surface area contributed by atoms with Gasteiger partial charge in [-0.3, -0.25) is 0 Å². The molecule has 0 saturated heterocycles. The summed E-state index contributed by atoms with van der Waals surface area (Å²) in [5, 5.41) is 12.4. The number of hydrogen-bond donors (Lipinski definition) is 2. The zero-order chi connectivity index (χ0) is 18.8. The van der Waals surface area contributed by atoms with Crippen LogP contribution in [-0.2, 0) is 17.9 Å². The van der Waals surface area contributed by atoms with Crippen molar-refractivity contribution in [1.82, 2.24) is 5.32 Å². The smallest absolute Gasteiger partial charge is 0.180 e. The highest BCUT2D eigenvalue weighted by Gasteiger charge is 2.12. The maximum Gasteiger partial charge on any atom is 0.180 e. The van der Waals surface area contributed by atoms with Crippen LogP contribution in [0.5, 0.6) is 11.5 Å². The Morgan fingerprint density at radius 3 is 2.48 bits per heavy atom. The van der Waals surface area contributed by atoms with Crippen LogP contribution >= 0.6 is 24.0 Å². The molecule has 0 saturated carbocycles. The van der Waals surface area contributed by atoms with Crippen LogP contribution < -0.4 is 14.8 Å². The van der Waals surface area contributed by atoms with Gasteiger partial charge in [0.15, 0.2) is 11.5 Å². The average Bonchev–Trinajstić information content (AvgIpc) is 2.64. The molecule has 0 aliphatic rings. The highest BCUT2D eigenvalue weighted by molar-refractivity contribution is 6.32. The Labute approximate surface area is 172 Å². The fourth-order valence-corrected chi connectivity index (χ4v) is 2.69. The van der Waals surface area contributed by atoms with Crippen molar-refractivity contribution in [3.8, 4) is 11.5 Å². The molecular formula is C20H27Cl2NO4. The maximum atomic E-state index is 8.66. The molecule has 0 radical (unpaired) electrons. The molecule has 150 valence electrons. The number of aliphatic hydroxyl groups is 1. The first-order valence-corrected chi connectivity index (χ1v) is 8.96. The number of ether oxygens (including phenoxy) is 3. The number of aryl methyl sites for hydroxylation is 1. The average molecular weight is 416 g/mol. The molecule has 0 amide bonds. The predicted molar refractivity (Wildman–Crippen MR) is 110 cm³/mol. The van der Waals surface area contributed by atoms with E-state index in [1.165, 1.54) is 5.56 Å². The van der Waals surface area contributed by atoms with E-state index in [9.17, 15) is 0 Å². The Balaban J connectivity index is 0.00000364. The molecule has 0 aliphatic heterocycles. The van der Waals surface area contributed by atoms with Crippen molar-refractivity contribution in [2.45, 2.75) is 20.1 Å². The quantitative estimate of drug-likeness (QED) is 0.547. The first-order valence-electron chi connectivity index (χ1n) is 8.58. The van der Waals surface area contributed by atoms with Crippen molar-refractivity contribution in [3.63, 3.8) is 0 Å². The van der Waals surface area contributed by atoms with Gasteiger partial charge < -0.3 is 24.6 Å². The maximum absolute atomic E-state index is 8.66. The molecule has 0 aliphatic carbocycles. The second-order valence-electron chi connectivity index (χ2n) is 5.90. The highest BCUT2D eigenvalue weighted by atomic mass is 35.5. The zero-order valence-corrected chi connectivity index (χ0v) is 17.2. The molecule has 0 unspecified atom stereocenters. The molecular weight excluding hydrogens is 389 g/mol. The second-order valence-corrected chi connectivity index (χ2v) is 6.30. The van der Waals surface area contributed by atoms with E-state index in [0.717, 1.165) is 11.1 Å². The molecule has 7 heteroatoms. The van der Waals surface area contributed by atoms with E-state index in [2.05, 4.69) is 24.4 Å². The monoisotopic (exact) mass is 415 g/mol. The number of halogens is 2. The van der Waals surface area contributed by atoms with Gasteiger partial charge in [0.05, 0.1) is 32.0 Å². The van der Waals surface area contributed by atoms with Crippen LogP contribution in [0.25, 0.3) is 0 Å². The van der Waals surface area contributed by atoms with Crippen LogP contribution in [0.4, 0.5) is 0 Å². The standard InChI is InChI=1S/C20H26ClNO4.ClH/c1-15-3-5-16(6-4-15)14-26-20-18(21)11-17(12-19(20)24-2)13-22-7-9-25-10-8-23;/h3-6,11-12,22-23H,7-10,13-14H2,1-2H3;1H. The van der Waals surface area contributed by atoms with Crippen LogP contribution in [0, 0.1) is 6.92 Å². The van der Waals surface area contributed by atoms with Gasteiger partial charge in [-0.25, -0.2) is 0 Å². The lowest BCUT2D eigenvalue weighted by Crippen LogP contribution is -2.20. The number of benzene rings is 2. The Hall–Kier alpha value is -1.50. The fraction of sp³-hybridized carbons (Fsp3) is 0.400. The summed E-state index contributed by atoms with van der Waals surface area (Å²) < 4.78 is 16.5. The van der Waals surface area contributed by atoms with Crippen molar-refractivity contribution in [2.24, 2.45) is 0 Å². The van der Waals surface area contributed by atoms with Gasteiger partial charge in [0.1, 0.15) is 6.61 Å². The Morgan fingerprint density at radius 2 is 1.81 bits per heavy atom. The number of methoxy groups -OCH3 is 1. The predicted octanol–water partition coefficient (Wildman–Crippen LogP) is 3.76. The minimum Gasteiger partial charge on any atom is -0.493 e. The first kappa shape index (κ1) is 23.5. The topological polar surface area (TPSA) is 60.0 Å². The number of nitrogens with one attached hydrogen (secondary N) is 1. The van der Waals surface area contributed by atoms with E-state index in [4.69, 9.17) is 30.9 Å². The summed E-state index contributed by atoms with van der Waals surface area (Å²) in [5.41, 5.74) is 3.28. The van der Waals surface area contributed by atoms with Gasteiger partial charge in [0, 0.05) is 13.1 Å². The SMILES string of the molecule is COc1cc(CNCCOCCO)cc(Cl)c1OCc1ccc(C)cc1.Cl. The first-order chi connectivity index (χ1) is 12.6. The van der Waals surface area contributed by atoms with Gasteiger partial charge in [0.25, 0.3) is 0 Å². The van der Waals surface area contributed by atoms with Crippen LogP contribution in [0.3, 0.4) is 0 Å². The van der Waals surface area contributed by atoms with Gasteiger partial charge in [0.2, 0.25) is 0 Å². The van der Waals surface area contributed by atoms with Crippen molar-refractivity contribution in [1.29, 1.82) is 0 Å². The van der Waals surface area contributed by atoms with Gasteiger partial charge in [-0.1, -0.05) is 41.4 Å². The molecule has 0 heterocycles. The lowest BCUT2D eigenvalue weighted by Gasteiger charge is -2.15. The van der Waals surface area contributed by atoms with E-state index in [1.807, 2.05) is 24.3 Å². The molecule has 2 aromatic carbocycles. The largest absolute Gasteiger partial charge is 0.493 e. The van der Waals surface area contributed by atoms with Crippen LogP contribution in [0.15, 0.2) is 36.4 Å². The Kier molecular flexibility index (Phi) is 11.2. The lowest BCUT2D eigenvalue weighted by atomic mass is 10.1. The van der Waals surface area contributed by atoms with E-state index in [1.54, 1.807) is 7.11 Å². The molecule has 0 aromatic heterocycles. The summed E-state index contributed by atoms with van der Waals surface area (Å²) in [5.74, 6) is 1.16. The molecule has 0 fully saturated rings. The Morgan fingerprint density at radius 1 is 1.07 bits per heavy atom. The minimum absolute atomic E-state index is 0. The molecule has 2 aromatic rings. The normalized spacial score (nSPS) is 10.4. The highest BCUT2D eigenvalue weighted by Crippen LogP contribution is 2.37. The third kappa shape index (κ3) is 7.95. The van der Waals surface area contributed by atoms with Gasteiger partial charge >= 0.3 is 0 Å². The van der Waals surface area contributed by atoms with Crippen molar-refractivity contribution in [2.75, 3.05) is 33.5 Å². The van der Waals surface area contributed by atoms with Gasteiger partial charge in [-0.15, -0.1) is 12.4 Å². The summed E-state index contributed by atoms with van der Waals surface area (Å²) >= 11 is 6.40. The number of hydrogen-bond acceptors (Lipinski definition) is 5.